The third-order valence-electron chi connectivity index (χ3n) is 7.14. The smallest absolute Gasteiger partial charge is 0.333 e. The van der Waals surface area contributed by atoms with E-state index in [-0.39, 0.29) is 25.8 Å². The SMILES string of the molecule is C=C(C)C(=O)OCCc1cc(-c2ccc(C3CCC(CCCCC)CC3)cc2)ccc1OCCO. The molecular formula is C31H42O4. The molecule has 0 heterocycles. The lowest BCUT2D eigenvalue weighted by Crippen LogP contribution is -2.13. The Morgan fingerprint density at radius 2 is 1.71 bits per heavy atom. The van der Waals surface area contributed by atoms with Crippen LogP contribution in [0.5, 0.6) is 5.75 Å². The third kappa shape index (κ3) is 8.24. The van der Waals surface area contributed by atoms with Gasteiger partial charge in [0, 0.05) is 12.0 Å². The number of aliphatic hydroxyl groups excluding tert-OH is 1. The molecule has 4 heteroatoms. The van der Waals surface area contributed by atoms with Crippen LogP contribution in [0.15, 0.2) is 54.6 Å². The zero-order valence-electron chi connectivity index (χ0n) is 21.6. The van der Waals surface area contributed by atoms with E-state index in [1.165, 1.54) is 56.9 Å². The van der Waals surface area contributed by atoms with Crippen LogP contribution in [0.3, 0.4) is 0 Å². The highest BCUT2D eigenvalue weighted by Gasteiger charge is 2.22. The summed E-state index contributed by atoms with van der Waals surface area (Å²) in [7, 11) is 0. The summed E-state index contributed by atoms with van der Waals surface area (Å²) in [4.78, 5) is 11.7. The average molecular weight is 479 g/mol. The van der Waals surface area contributed by atoms with Gasteiger partial charge in [0.05, 0.1) is 13.2 Å². The van der Waals surface area contributed by atoms with E-state index in [4.69, 9.17) is 14.6 Å². The van der Waals surface area contributed by atoms with Crippen molar-refractivity contribution >= 4 is 5.97 Å². The molecule has 1 aliphatic carbocycles. The molecule has 1 saturated carbocycles. The Morgan fingerprint density at radius 3 is 2.37 bits per heavy atom. The minimum absolute atomic E-state index is 0.0477. The van der Waals surface area contributed by atoms with E-state index in [0.717, 1.165) is 22.6 Å². The van der Waals surface area contributed by atoms with Gasteiger partial charge in [-0.3, -0.25) is 0 Å². The molecule has 2 aromatic carbocycles. The molecule has 1 fully saturated rings. The number of carbonyl (C=O) groups is 1. The van der Waals surface area contributed by atoms with E-state index in [1.807, 2.05) is 12.1 Å². The fraction of sp³-hybridized carbons (Fsp3) is 0.516. The summed E-state index contributed by atoms with van der Waals surface area (Å²) < 4.78 is 11.0. The summed E-state index contributed by atoms with van der Waals surface area (Å²) in [5.41, 5.74) is 5.07. The summed E-state index contributed by atoms with van der Waals surface area (Å²) in [5, 5.41) is 9.15. The molecule has 0 aliphatic heterocycles. The van der Waals surface area contributed by atoms with E-state index < -0.39 is 0 Å². The second-order valence-electron chi connectivity index (χ2n) is 9.90. The maximum atomic E-state index is 11.7. The molecule has 0 spiro atoms. The molecule has 1 N–H and O–H groups in total. The standard InChI is InChI=1S/C31H42O4/c1-4-5-6-7-24-8-10-25(11-9-24)26-12-14-27(15-13-26)28-16-17-30(34-21-19-32)29(22-28)18-20-35-31(33)23(2)3/h12-17,22,24-25,32H,2,4-11,18-21H2,1,3H3. The Labute approximate surface area is 211 Å². The number of carbonyl (C=O) groups excluding carboxylic acids is 1. The van der Waals surface area contributed by atoms with E-state index >= 15 is 0 Å². The van der Waals surface area contributed by atoms with Crippen LogP contribution in [0.2, 0.25) is 0 Å². The quantitative estimate of drug-likeness (QED) is 0.187. The van der Waals surface area contributed by atoms with Gasteiger partial charge in [0.1, 0.15) is 12.4 Å². The van der Waals surface area contributed by atoms with Gasteiger partial charge in [-0.05, 0) is 78.8 Å². The maximum Gasteiger partial charge on any atom is 0.333 e. The van der Waals surface area contributed by atoms with Crippen molar-refractivity contribution in [3.05, 3.63) is 65.7 Å². The summed E-state index contributed by atoms with van der Waals surface area (Å²) in [6, 6.07) is 15.1. The number of hydrogen-bond acceptors (Lipinski definition) is 4. The van der Waals surface area contributed by atoms with Crippen LogP contribution in [0.4, 0.5) is 0 Å². The van der Waals surface area contributed by atoms with Crippen molar-refractivity contribution in [2.45, 2.75) is 77.6 Å². The van der Waals surface area contributed by atoms with E-state index in [1.54, 1.807) is 6.92 Å². The first-order valence-electron chi connectivity index (χ1n) is 13.3. The van der Waals surface area contributed by atoms with E-state index in [0.29, 0.717) is 23.7 Å². The van der Waals surface area contributed by atoms with Gasteiger partial charge in [-0.15, -0.1) is 0 Å². The van der Waals surface area contributed by atoms with Crippen LogP contribution in [-0.4, -0.2) is 30.9 Å². The number of unbranched alkanes of at least 4 members (excludes halogenated alkanes) is 2. The zero-order chi connectivity index (χ0) is 25.0. The van der Waals surface area contributed by atoms with Crippen LogP contribution >= 0.6 is 0 Å². The van der Waals surface area contributed by atoms with Gasteiger partial charge < -0.3 is 14.6 Å². The second kappa shape index (κ2) is 14.1. The number of hydrogen-bond donors (Lipinski definition) is 1. The lowest BCUT2D eigenvalue weighted by Gasteiger charge is -2.29. The highest BCUT2D eigenvalue weighted by molar-refractivity contribution is 5.86. The van der Waals surface area contributed by atoms with Crippen molar-refractivity contribution in [2.75, 3.05) is 19.8 Å². The lowest BCUT2D eigenvalue weighted by molar-refractivity contribution is -0.138. The minimum atomic E-state index is -0.385. The fourth-order valence-electron chi connectivity index (χ4n) is 5.04. The van der Waals surface area contributed by atoms with Crippen molar-refractivity contribution in [2.24, 2.45) is 5.92 Å². The summed E-state index contributed by atoms with van der Waals surface area (Å²) in [6.07, 6.45) is 11.4. The molecule has 0 aromatic heterocycles. The first-order chi connectivity index (χ1) is 17.0. The van der Waals surface area contributed by atoms with Gasteiger partial charge in [-0.25, -0.2) is 4.79 Å². The molecule has 3 rings (SSSR count). The summed E-state index contributed by atoms with van der Waals surface area (Å²) >= 11 is 0. The molecule has 0 saturated heterocycles. The largest absolute Gasteiger partial charge is 0.491 e. The van der Waals surface area contributed by atoms with Gasteiger partial charge in [-0.1, -0.05) is 69.5 Å². The molecule has 1 aliphatic rings. The summed E-state index contributed by atoms with van der Waals surface area (Å²) in [6.45, 7) is 7.98. The highest BCUT2D eigenvalue weighted by atomic mass is 16.5. The van der Waals surface area contributed by atoms with Crippen molar-refractivity contribution in [3.8, 4) is 16.9 Å². The molecule has 35 heavy (non-hydrogen) atoms. The van der Waals surface area contributed by atoms with Gasteiger partial charge in [0.2, 0.25) is 0 Å². The molecular weight excluding hydrogens is 436 g/mol. The van der Waals surface area contributed by atoms with Gasteiger partial charge in [0.25, 0.3) is 0 Å². The van der Waals surface area contributed by atoms with Crippen molar-refractivity contribution in [3.63, 3.8) is 0 Å². The van der Waals surface area contributed by atoms with Crippen molar-refractivity contribution in [1.29, 1.82) is 0 Å². The van der Waals surface area contributed by atoms with Crippen LogP contribution in [0.25, 0.3) is 11.1 Å². The van der Waals surface area contributed by atoms with E-state index in [2.05, 4.69) is 43.8 Å². The predicted molar refractivity (Wildman–Crippen MR) is 143 cm³/mol. The van der Waals surface area contributed by atoms with Gasteiger partial charge in [0.15, 0.2) is 0 Å². The number of aliphatic hydroxyl groups is 1. The number of esters is 1. The Balaban J connectivity index is 1.64. The van der Waals surface area contributed by atoms with Gasteiger partial charge in [-0.2, -0.15) is 0 Å². The van der Waals surface area contributed by atoms with Crippen LogP contribution in [0.1, 0.15) is 82.3 Å². The molecule has 0 amide bonds. The molecule has 0 atom stereocenters. The maximum absolute atomic E-state index is 11.7. The fourth-order valence-corrected chi connectivity index (χ4v) is 5.04. The Morgan fingerprint density at radius 1 is 1.00 bits per heavy atom. The van der Waals surface area contributed by atoms with E-state index in [9.17, 15) is 4.79 Å². The first-order valence-corrected chi connectivity index (χ1v) is 13.3. The van der Waals surface area contributed by atoms with Crippen molar-refractivity contribution in [1.82, 2.24) is 0 Å². The van der Waals surface area contributed by atoms with Crippen LogP contribution in [0, 0.1) is 5.92 Å². The predicted octanol–water partition coefficient (Wildman–Crippen LogP) is 7.24. The zero-order valence-corrected chi connectivity index (χ0v) is 21.6. The first kappa shape index (κ1) is 27.0. The number of rotatable bonds is 13. The molecule has 0 bridgehead atoms. The van der Waals surface area contributed by atoms with Crippen LogP contribution < -0.4 is 4.74 Å². The Hall–Kier alpha value is -2.59. The average Bonchev–Trinajstić information content (AvgIpc) is 2.88. The normalized spacial score (nSPS) is 17.7. The summed E-state index contributed by atoms with van der Waals surface area (Å²) in [5.74, 6) is 1.93. The highest BCUT2D eigenvalue weighted by Crippen LogP contribution is 2.38. The number of ether oxygens (including phenoxy) is 2. The number of benzene rings is 2. The van der Waals surface area contributed by atoms with Gasteiger partial charge >= 0.3 is 5.97 Å². The Bertz CT molecular complexity index is 939. The monoisotopic (exact) mass is 478 g/mol. The Kier molecular flexibility index (Phi) is 10.9. The molecule has 0 unspecified atom stereocenters. The molecule has 190 valence electrons. The molecule has 0 radical (unpaired) electrons. The topological polar surface area (TPSA) is 55.8 Å². The second-order valence-corrected chi connectivity index (χ2v) is 9.90. The molecule has 4 nitrogen and oxygen atoms in total. The minimum Gasteiger partial charge on any atom is -0.491 e. The lowest BCUT2D eigenvalue weighted by atomic mass is 9.77. The van der Waals surface area contributed by atoms with Crippen LogP contribution in [-0.2, 0) is 16.0 Å². The third-order valence-corrected chi connectivity index (χ3v) is 7.14. The van der Waals surface area contributed by atoms with Crippen molar-refractivity contribution < 1.29 is 19.4 Å². The molecule has 2 aromatic rings.